The van der Waals surface area contributed by atoms with Gasteiger partial charge >= 0.3 is 0 Å². The van der Waals surface area contributed by atoms with E-state index in [2.05, 4.69) is 15.2 Å². The summed E-state index contributed by atoms with van der Waals surface area (Å²) in [6.45, 7) is 4.75. The van der Waals surface area contributed by atoms with E-state index in [0.29, 0.717) is 6.54 Å². The number of likely N-dealkylation sites (tertiary alicyclic amines) is 1. The number of hydrogen-bond acceptors (Lipinski definition) is 4. The summed E-state index contributed by atoms with van der Waals surface area (Å²) in [6.07, 6.45) is 9.04. The molecule has 0 unspecified atom stereocenters. The van der Waals surface area contributed by atoms with Gasteiger partial charge in [0.15, 0.2) is 0 Å². The highest BCUT2D eigenvalue weighted by atomic mass is 16.1. The van der Waals surface area contributed by atoms with Crippen LogP contribution in [0.2, 0.25) is 0 Å². The van der Waals surface area contributed by atoms with Gasteiger partial charge in [0.05, 0.1) is 19.3 Å². The molecule has 0 N–H and O–H groups in total. The molecule has 22 heavy (non-hydrogen) atoms. The summed E-state index contributed by atoms with van der Waals surface area (Å²) in [4.78, 5) is 14.2. The van der Waals surface area contributed by atoms with E-state index in [0.717, 1.165) is 18.8 Å². The fourth-order valence-corrected chi connectivity index (χ4v) is 2.89. The molecule has 0 spiro atoms. The maximum absolute atomic E-state index is 11.7. The van der Waals surface area contributed by atoms with E-state index in [1.165, 1.54) is 38.8 Å². The van der Waals surface area contributed by atoms with Crippen LogP contribution in [0.1, 0.15) is 31.4 Å². The third kappa shape index (κ3) is 4.04. The van der Waals surface area contributed by atoms with Gasteiger partial charge in [-0.3, -0.25) is 9.48 Å². The topological polar surface area (TPSA) is 56.0 Å². The fourth-order valence-electron chi connectivity index (χ4n) is 2.89. The van der Waals surface area contributed by atoms with Crippen molar-refractivity contribution in [1.29, 1.82) is 0 Å². The number of nitrogens with zero attached hydrogens (tertiary/aromatic N) is 5. The quantitative estimate of drug-likeness (QED) is 0.837. The molecule has 0 bridgehead atoms. The molecule has 0 aromatic carbocycles. The van der Waals surface area contributed by atoms with Crippen LogP contribution in [0, 0.1) is 0 Å². The second-order valence-corrected chi connectivity index (χ2v) is 5.90. The summed E-state index contributed by atoms with van der Waals surface area (Å²) in [5.41, 5.74) is 0.811. The Labute approximate surface area is 130 Å². The summed E-state index contributed by atoms with van der Waals surface area (Å²) in [5, 5.41) is 8.34. The van der Waals surface area contributed by atoms with Crippen molar-refractivity contribution in [3.05, 3.63) is 46.6 Å². The maximum Gasteiger partial charge on any atom is 0.250 e. The minimum absolute atomic E-state index is 0.0124. The van der Waals surface area contributed by atoms with Crippen molar-refractivity contribution < 1.29 is 0 Å². The second kappa shape index (κ2) is 7.35. The van der Waals surface area contributed by atoms with Crippen LogP contribution in [0.3, 0.4) is 0 Å². The van der Waals surface area contributed by atoms with Crippen LogP contribution >= 0.6 is 0 Å². The highest BCUT2D eigenvalue weighted by molar-refractivity contribution is 4.99. The molecule has 0 saturated carbocycles. The Hall–Kier alpha value is -1.95. The number of rotatable bonds is 5. The van der Waals surface area contributed by atoms with Gasteiger partial charge < -0.3 is 9.47 Å². The van der Waals surface area contributed by atoms with E-state index >= 15 is 0 Å². The van der Waals surface area contributed by atoms with Crippen LogP contribution in [0.15, 0.2) is 35.4 Å². The Morgan fingerprint density at radius 3 is 2.64 bits per heavy atom. The highest BCUT2D eigenvalue weighted by Gasteiger charge is 2.09. The molecule has 1 saturated heterocycles. The molecule has 6 heteroatoms. The smallest absolute Gasteiger partial charge is 0.250 e. The van der Waals surface area contributed by atoms with Gasteiger partial charge in [0, 0.05) is 18.8 Å². The molecule has 3 rings (SSSR count). The summed E-state index contributed by atoms with van der Waals surface area (Å²) in [6, 6.07) is 5.16. The van der Waals surface area contributed by atoms with Crippen LogP contribution in [-0.2, 0) is 13.1 Å². The molecule has 2 aromatic rings. The molecule has 1 aliphatic heterocycles. The average Bonchev–Trinajstić information content (AvgIpc) is 2.81. The molecule has 0 aliphatic carbocycles. The first-order valence-electron chi connectivity index (χ1n) is 8.08. The first-order valence-corrected chi connectivity index (χ1v) is 8.08. The SMILES string of the molecule is O=c1ccccn1Cc1cn(CCN2CCCCCC2)nn1. The van der Waals surface area contributed by atoms with Gasteiger partial charge in [-0.25, -0.2) is 0 Å². The van der Waals surface area contributed by atoms with Gasteiger partial charge in [0.2, 0.25) is 0 Å². The molecule has 118 valence electrons. The van der Waals surface area contributed by atoms with Crippen molar-refractivity contribution in [2.24, 2.45) is 0 Å². The summed E-state index contributed by atoms with van der Waals surface area (Å²) in [7, 11) is 0. The van der Waals surface area contributed by atoms with Crippen molar-refractivity contribution in [3.63, 3.8) is 0 Å². The Morgan fingerprint density at radius 1 is 1.05 bits per heavy atom. The predicted molar refractivity (Wildman–Crippen MR) is 84.7 cm³/mol. The lowest BCUT2D eigenvalue weighted by molar-refractivity contribution is 0.267. The first-order chi connectivity index (χ1) is 10.8. The normalized spacial score (nSPS) is 16.5. The van der Waals surface area contributed by atoms with E-state index < -0.39 is 0 Å². The highest BCUT2D eigenvalue weighted by Crippen LogP contribution is 2.09. The molecule has 2 aromatic heterocycles. The van der Waals surface area contributed by atoms with Gasteiger partial charge in [-0.05, 0) is 32.0 Å². The van der Waals surface area contributed by atoms with E-state index in [1.807, 2.05) is 16.9 Å². The van der Waals surface area contributed by atoms with Crippen LogP contribution < -0.4 is 5.56 Å². The molecule has 6 nitrogen and oxygen atoms in total. The van der Waals surface area contributed by atoms with Gasteiger partial charge in [0.25, 0.3) is 5.56 Å². The lowest BCUT2D eigenvalue weighted by atomic mass is 10.2. The number of aromatic nitrogens is 4. The second-order valence-electron chi connectivity index (χ2n) is 5.90. The van der Waals surface area contributed by atoms with Crippen LogP contribution in [-0.4, -0.2) is 44.1 Å². The minimum Gasteiger partial charge on any atom is -0.309 e. The molecule has 3 heterocycles. The van der Waals surface area contributed by atoms with Gasteiger partial charge in [-0.1, -0.05) is 24.1 Å². The Bertz CT molecular complexity index is 640. The van der Waals surface area contributed by atoms with Crippen LogP contribution in [0.4, 0.5) is 0 Å². The molecule has 1 fully saturated rings. The van der Waals surface area contributed by atoms with Crippen LogP contribution in [0.25, 0.3) is 0 Å². The third-order valence-corrected chi connectivity index (χ3v) is 4.16. The third-order valence-electron chi connectivity index (χ3n) is 4.16. The van der Waals surface area contributed by atoms with E-state index in [-0.39, 0.29) is 5.56 Å². The van der Waals surface area contributed by atoms with Crippen molar-refractivity contribution in [3.8, 4) is 0 Å². The molecule has 1 aliphatic rings. The standard InChI is InChI=1S/C16H23N5O/c22-16-7-3-6-10-20(16)13-15-14-21(18-17-15)12-11-19-8-4-1-2-5-9-19/h3,6-7,10,14H,1-2,4-5,8-9,11-13H2. The summed E-state index contributed by atoms with van der Waals surface area (Å²) < 4.78 is 3.53. The van der Waals surface area contributed by atoms with E-state index in [9.17, 15) is 4.79 Å². The largest absolute Gasteiger partial charge is 0.309 e. The lowest BCUT2D eigenvalue weighted by Gasteiger charge is -2.19. The van der Waals surface area contributed by atoms with E-state index in [4.69, 9.17) is 0 Å². The molecule has 0 radical (unpaired) electrons. The summed E-state index contributed by atoms with van der Waals surface area (Å²) >= 11 is 0. The fraction of sp³-hybridized carbons (Fsp3) is 0.562. The number of pyridine rings is 1. The summed E-state index contributed by atoms with van der Waals surface area (Å²) in [5.74, 6) is 0. The van der Waals surface area contributed by atoms with Crippen molar-refractivity contribution in [2.45, 2.75) is 38.8 Å². The predicted octanol–water partition coefficient (Wildman–Crippen LogP) is 1.36. The van der Waals surface area contributed by atoms with Crippen molar-refractivity contribution >= 4 is 0 Å². The zero-order chi connectivity index (χ0) is 15.2. The van der Waals surface area contributed by atoms with E-state index in [1.54, 1.807) is 22.9 Å². The zero-order valence-corrected chi connectivity index (χ0v) is 12.9. The average molecular weight is 301 g/mol. The Balaban J connectivity index is 1.55. The lowest BCUT2D eigenvalue weighted by Crippen LogP contribution is -2.28. The first kappa shape index (κ1) is 15.0. The van der Waals surface area contributed by atoms with Crippen molar-refractivity contribution in [2.75, 3.05) is 19.6 Å². The van der Waals surface area contributed by atoms with Crippen LogP contribution in [0.5, 0.6) is 0 Å². The Kier molecular flexibility index (Phi) is 5.00. The Morgan fingerprint density at radius 2 is 1.86 bits per heavy atom. The van der Waals surface area contributed by atoms with Gasteiger partial charge in [0.1, 0.15) is 5.69 Å². The maximum atomic E-state index is 11.7. The minimum atomic E-state index is -0.0124. The zero-order valence-electron chi connectivity index (χ0n) is 12.9. The number of hydrogen-bond donors (Lipinski definition) is 0. The monoisotopic (exact) mass is 301 g/mol. The molecule has 0 amide bonds. The molecular weight excluding hydrogens is 278 g/mol. The van der Waals surface area contributed by atoms with Gasteiger partial charge in [-0.2, -0.15) is 0 Å². The van der Waals surface area contributed by atoms with Gasteiger partial charge in [-0.15, -0.1) is 5.10 Å². The molecule has 0 atom stereocenters. The molecular formula is C16H23N5O. The van der Waals surface area contributed by atoms with Crippen molar-refractivity contribution in [1.82, 2.24) is 24.5 Å².